The number of hydrogen-bond acceptors (Lipinski definition) is 0. The fourth-order valence-corrected chi connectivity index (χ4v) is 2.44. The number of aromatic nitrogens is 2. The minimum absolute atomic E-state index is 0. The minimum Gasteiger partial charge on any atom is -1.00 e. The lowest BCUT2D eigenvalue weighted by molar-refractivity contribution is -0.687. The van der Waals surface area contributed by atoms with Gasteiger partial charge in [-0.3, -0.25) is 0 Å². The second-order valence-electron chi connectivity index (χ2n) is 4.18. The Morgan fingerprint density at radius 2 is 1.90 bits per heavy atom. The molecule has 0 atom stereocenters. The first-order valence-electron chi connectivity index (χ1n) is 5.62. The number of rotatable bonds is 2. The van der Waals surface area contributed by atoms with E-state index in [0.29, 0.717) is 10.0 Å². The average Bonchev–Trinajstić information content (AvgIpc) is 2.80. The molecule has 0 radical (unpaired) electrons. The Morgan fingerprint density at radius 3 is 2.65 bits per heavy atom. The van der Waals surface area contributed by atoms with Gasteiger partial charge < -0.3 is 22.3 Å². The molecule has 3 nitrogen and oxygen atoms in total. The van der Waals surface area contributed by atoms with Gasteiger partial charge in [0.05, 0.1) is 11.2 Å². The van der Waals surface area contributed by atoms with Crippen LogP contribution < -0.4 is 17.0 Å². The first kappa shape index (κ1) is 16.8. The van der Waals surface area contributed by atoms with Gasteiger partial charge in [-0.2, -0.15) is 4.57 Å². The topological polar surface area (TPSA) is 39.8 Å². The van der Waals surface area contributed by atoms with E-state index in [0.717, 1.165) is 17.6 Å². The monoisotopic (exact) mass is 330 g/mol. The van der Waals surface area contributed by atoms with Crippen molar-refractivity contribution in [3.63, 3.8) is 0 Å². The molecule has 106 valence electrons. The zero-order valence-electron chi connectivity index (χ0n) is 10.4. The van der Waals surface area contributed by atoms with Gasteiger partial charge in [0.2, 0.25) is 0 Å². The van der Waals surface area contributed by atoms with Gasteiger partial charge in [-0.1, -0.05) is 23.2 Å². The van der Waals surface area contributed by atoms with Crippen LogP contribution >= 0.6 is 23.2 Å². The predicted molar refractivity (Wildman–Crippen MR) is 76.8 cm³/mol. The van der Waals surface area contributed by atoms with Crippen molar-refractivity contribution in [1.29, 1.82) is 0 Å². The third-order valence-corrected chi connectivity index (χ3v) is 3.48. The standard InChI is InChI=1S/C14H11Cl2N2.ClH.H2O/c15-12-4-3-11(14(16)8-12)9-17-6-7-18-5-1-2-13(18)10-17;;/h1-8,10H,9H2;1H;1H2/q+1;;/p-1. The minimum atomic E-state index is 0. The summed E-state index contributed by atoms with van der Waals surface area (Å²) in [5, 5.41) is 1.36. The van der Waals surface area contributed by atoms with E-state index in [1.807, 2.05) is 36.8 Å². The van der Waals surface area contributed by atoms with E-state index in [2.05, 4.69) is 21.2 Å². The van der Waals surface area contributed by atoms with Crippen molar-refractivity contribution < 1.29 is 22.5 Å². The van der Waals surface area contributed by atoms with Crippen LogP contribution in [0, 0.1) is 0 Å². The summed E-state index contributed by atoms with van der Waals surface area (Å²) in [7, 11) is 0. The Labute approximate surface area is 133 Å². The summed E-state index contributed by atoms with van der Waals surface area (Å²) in [6.45, 7) is 0.734. The van der Waals surface area contributed by atoms with Crippen LogP contribution in [0.3, 0.4) is 0 Å². The molecule has 3 aromatic rings. The van der Waals surface area contributed by atoms with Gasteiger partial charge in [0.1, 0.15) is 5.52 Å². The number of benzene rings is 1. The van der Waals surface area contributed by atoms with Gasteiger partial charge in [-0.05, 0) is 30.3 Å². The summed E-state index contributed by atoms with van der Waals surface area (Å²) < 4.78 is 4.17. The number of hydrogen-bond donors (Lipinski definition) is 0. The normalized spacial score (nSPS) is 9.90. The zero-order valence-corrected chi connectivity index (χ0v) is 12.7. The smallest absolute Gasteiger partial charge is 0.193 e. The van der Waals surface area contributed by atoms with E-state index in [-0.39, 0.29) is 17.9 Å². The van der Waals surface area contributed by atoms with Crippen LogP contribution in [0.1, 0.15) is 5.56 Å². The van der Waals surface area contributed by atoms with Gasteiger partial charge in [-0.25, -0.2) is 0 Å². The fraction of sp³-hybridized carbons (Fsp3) is 0.0714. The summed E-state index contributed by atoms with van der Waals surface area (Å²) in [6.07, 6.45) is 8.16. The lowest BCUT2D eigenvalue weighted by Gasteiger charge is -2.02. The van der Waals surface area contributed by atoms with E-state index >= 15 is 0 Å². The highest BCUT2D eigenvalue weighted by atomic mass is 35.5. The molecule has 0 saturated carbocycles. The molecule has 2 N–H and O–H groups in total. The van der Waals surface area contributed by atoms with E-state index in [1.54, 1.807) is 6.07 Å². The Hall–Kier alpha value is -1.26. The van der Waals surface area contributed by atoms with E-state index < -0.39 is 0 Å². The van der Waals surface area contributed by atoms with Crippen molar-refractivity contribution >= 4 is 28.7 Å². The van der Waals surface area contributed by atoms with Crippen molar-refractivity contribution in [3.8, 4) is 0 Å². The van der Waals surface area contributed by atoms with Gasteiger partial charge in [-0.15, -0.1) is 0 Å². The van der Waals surface area contributed by atoms with Crippen LogP contribution in [0.25, 0.3) is 5.52 Å². The van der Waals surface area contributed by atoms with E-state index in [4.69, 9.17) is 23.2 Å². The third-order valence-electron chi connectivity index (χ3n) is 2.90. The average molecular weight is 332 g/mol. The lowest BCUT2D eigenvalue weighted by Crippen LogP contribution is -3.00. The third kappa shape index (κ3) is 3.44. The molecule has 0 saturated heterocycles. The number of halogens is 3. The molecule has 1 aromatic carbocycles. The summed E-state index contributed by atoms with van der Waals surface area (Å²) in [6, 6.07) is 9.68. The highest BCUT2D eigenvalue weighted by Gasteiger charge is 2.08. The first-order valence-corrected chi connectivity index (χ1v) is 6.38. The van der Waals surface area contributed by atoms with Crippen LogP contribution in [0.4, 0.5) is 0 Å². The molecule has 2 aromatic heterocycles. The van der Waals surface area contributed by atoms with Crippen LogP contribution in [0.5, 0.6) is 0 Å². The van der Waals surface area contributed by atoms with Crippen molar-refractivity contribution in [2.45, 2.75) is 6.54 Å². The van der Waals surface area contributed by atoms with Crippen LogP contribution in [0.15, 0.2) is 55.1 Å². The molecule has 0 spiro atoms. The highest BCUT2D eigenvalue weighted by Crippen LogP contribution is 2.20. The Bertz CT molecular complexity index is 712. The van der Waals surface area contributed by atoms with Crippen molar-refractivity contribution in [2.75, 3.05) is 0 Å². The van der Waals surface area contributed by atoms with Crippen LogP contribution in [-0.4, -0.2) is 9.88 Å². The largest absolute Gasteiger partial charge is 1.00 e. The summed E-state index contributed by atoms with van der Waals surface area (Å²) in [5.41, 5.74) is 2.21. The second kappa shape index (κ2) is 6.95. The quantitative estimate of drug-likeness (QED) is 0.582. The van der Waals surface area contributed by atoms with Gasteiger partial charge in [0, 0.05) is 16.8 Å². The maximum absolute atomic E-state index is 6.17. The molecular weight excluding hydrogens is 319 g/mol. The number of fused-ring (bicyclic) bond motifs is 1. The molecule has 0 fully saturated rings. The van der Waals surface area contributed by atoms with E-state index in [9.17, 15) is 0 Å². The molecule has 20 heavy (non-hydrogen) atoms. The Morgan fingerprint density at radius 1 is 1.10 bits per heavy atom. The predicted octanol–water partition coefficient (Wildman–Crippen LogP) is -0.239. The van der Waals surface area contributed by atoms with Crippen LogP contribution in [0.2, 0.25) is 10.0 Å². The maximum Gasteiger partial charge on any atom is 0.193 e. The molecule has 0 unspecified atom stereocenters. The Balaban J connectivity index is 0.000001000. The van der Waals surface area contributed by atoms with Crippen molar-refractivity contribution in [2.24, 2.45) is 0 Å². The SMILES string of the molecule is Clc1ccc(C[n+]2ccn3cccc3c2)c(Cl)c1.O.[Cl-]. The first-order chi connectivity index (χ1) is 8.72. The van der Waals surface area contributed by atoms with Crippen molar-refractivity contribution in [3.05, 3.63) is 70.7 Å². The second-order valence-corrected chi connectivity index (χ2v) is 5.02. The van der Waals surface area contributed by atoms with Crippen LogP contribution in [-0.2, 0) is 6.54 Å². The maximum atomic E-state index is 6.17. The molecule has 0 aliphatic rings. The van der Waals surface area contributed by atoms with Gasteiger partial charge >= 0.3 is 0 Å². The summed E-state index contributed by atoms with van der Waals surface area (Å²) >= 11 is 12.1. The molecule has 0 aliphatic carbocycles. The molecule has 0 amide bonds. The molecular formula is C14H13Cl3N2O. The zero-order chi connectivity index (χ0) is 12.5. The van der Waals surface area contributed by atoms with Gasteiger partial charge in [0.25, 0.3) is 0 Å². The lowest BCUT2D eigenvalue weighted by atomic mass is 10.2. The number of nitrogens with zero attached hydrogens (tertiary/aromatic N) is 2. The van der Waals surface area contributed by atoms with Gasteiger partial charge in [0.15, 0.2) is 18.9 Å². The fourth-order valence-electron chi connectivity index (χ4n) is 1.97. The Kier molecular flexibility index (Phi) is 5.84. The molecule has 6 heteroatoms. The van der Waals surface area contributed by atoms with E-state index in [1.165, 1.54) is 0 Å². The molecule has 0 aliphatic heterocycles. The van der Waals surface area contributed by atoms with Crippen molar-refractivity contribution in [1.82, 2.24) is 4.40 Å². The summed E-state index contributed by atoms with van der Waals surface area (Å²) in [5.74, 6) is 0. The molecule has 0 bridgehead atoms. The summed E-state index contributed by atoms with van der Waals surface area (Å²) in [4.78, 5) is 0. The highest BCUT2D eigenvalue weighted by molar-refractivity contribution is 6.35. The molecule has 3 rings (SSSR count). The molecule has 2 heterocycles.